The van der Waals surface area contributed by atoms with Gasteiger partial charge in [0, 0.05) is 11.1 Å². The average Bonchev–Trinajstić information content (AvgIpc) is 2.38. The Bertz CT molecular complexity index is 769. The highest BCUT2D eigenvalue weighted by Gasteiger charge is 2.27. The van der Waals surface area contributed by atoms with Crippen LogP contribution in [0.25, 0.3) is 0 Å². The number of rotatable bonds is 3. The predicted octanol–water partition coefficient (Wildman–Crippen LogP) is 3.39. The maximum Gasteiger partial charge on any atom is 0.289 e. The summed E-state index contributed by atoms with van der Waals surface area (Å²) in [6.07, 6.45) is 0. The number of nitro groups is 1. The van der Waals surface area contributed by atoms with E-state index < -0.39 is 20.4 Å². The van der Waals surface area contributed by atoms with Crippen LogP contribution in [0.15, 0.2) is 52.3 Å². The molecule has 7 heteroatoms. The van der Waals surface area contributed by atoms with Crippen molar-refractivity contribution in [2.75, 3.05) is 0 Å². The van der Waals surface area contributed by atoms with Crippen molar-refractivity contribution < 1.29 is 13.3 Å². The van der Waals surface area contributed by atoms with Crippen molar-refractivity contribution in [3.63, 3.8) is 0 Å². The Morgan fingerprint density at radius 3 is 2.25 bits per heavy atom. The number of nitro benzene ring substituents is 1. The molecule has 0 saturated heterocycles. The lowest BCUT2D eigenvalue weighted by atomic mass is 10.2. The highest BCUT2D eigenvalue weighted by atomic mass is 35.5. The zero-order valence-corrected chi connectivity index (χ0v) is 12.0. The number of halogens is 1. The van der Waals surface area contributed by atoms with E-state index >= 15 is 0 Å². The van der Waals surface area contributed by atoms with E-state index in [0.29, 0.717) is 0 Å². The largest absolute Gasteiger partial charge is 0.289 e. The van der Waals surface area contributed by atoms with Gasteiger partial charge in [-0.1, -0.05) is 29.3 Å². The number of aryl methyl sites for hydroxylation is 1. The predicted molar refractivity (Wildman–Crippen MR) is 74.7 cm³/mol. The Labute approximate surface area is 120 Å². The van der Waals surface area contributed by atoms with E-state index in [-0.39, 0.29) is 14.8 Å². The summed E-state index contributed by atoms with van der Waals surface area (Å²) in [6.45, 7) is 1.82. The van der Waals surface area contributed by atoms with Crippen LogP contribution >= 0.6 is 11.6 Å². The molecule has 2 rings (SSSR count). The second-order valence-electron chi connectivity index (χ2n) is 4.19. The molecule has 5 nitrogen and oxygen atoms in total. The highest BCUT2D eigenvalue weighted by Crippen LogP contribution is 2.31. The van der Waals surface area contributed by atoms with Gasteiger partial charge >= 0.3 is 0 Å². The van der Waals surface area contributed by atoms with Crippen molar-refractivity contribution >= 4 is 27.1 Å². The van der Waals surface area contributed by atoms with Crippen LogP contribution in [-0.2, 0) is 9.84 Å². The third-order valence-electron chi connectivity index (χ3n) is 2.74. The van der Waals surface area contributed by atoms with Crippen LogP contribution in [0.5, 0.6) is 0 Å². The van der Waals surface area contributed by atoms with Crippen LogP contribution in [0.3, 0.4) is 0 Å². The van der Waals surface area contributed by atoms with Gasteiger partial charge in [-0.15, -0.1) is 0 Å². The standard InChI is InChI=1S/C13H10ClNO4S/c1-9-2-5-11(6-3-9)20(18,19)13-7-4-10(14)8-12(13)15(16)17/h2-8H,1H3. The SMILES string of the molecule is Cc1ccc(S(=O)(=O)c2ccc(Cl)cc2[N+](=O)[O-])cc1. The Balaban J connectivity index is 2.66. The summed E-state index contributed by atoms with van der Waals surface area (Å²) in [6, 6.07) is 9.60. The molecule has 0 aliphatic rings. The Morgan fingerprint density at radius 2 is 1.70 bits per heavy atom. The molecule has 0 aromatic heterocycles. The third-order valence-corrected chi connectivity index (χ3v) is 4.79. The summed E-state index contributed by atoms with van der Waals surface area (Å²) < 4.78 is 24.9. The molecule has 2 aromatic rings. The van der Waals surface area contributed by atoms with Gasteiger partial charge < -0.3 is 0 Å². The smallest absolute Gasteiger partial charge is 0.258 e. The zero-order chi connectivity index (χ0) is 14.9. The van der Waals surface area contributed by atoms with E-state index in [0.717, 1.165) is 17.7 Å². The van der Waals surface area contributed by atoms with Crippen LogP contribution in [0.2, 0.25) is 5.02 Å². The van der Waals surface area contributed by atoms with Crippen molar-refractivity contribution in [2.45, 2.75) is 16.7 Å². The number of hydrogen-bond acceptors (Lipinski definition) is 4. The van der Waals surface area contributed by atoms with E-state index in [2.05, 4.69) is 0 Å². The fraction of sp³-hybridized carbons (Fsp3) is 0.0769. The fourth-order valence-corrected chi connectivity index (χ4v) is 3.28. The van der Waals surface area contributed by atoms with Gasteiger partial charge in [0.05, 0.1) is 9.82 Å². The molecular weight excluding hydrogens is 302 g/mol. The van der Waals surface area contributed by atoms with E-state index in [1.54, 1.807) is 12.1 Å². The normalized spacial score (nSPS) is 11.3. The van der Waals surface area contributed by atoms with Crippen molar-refractivity contribution in [1.82, 2.24) is 0 Å². The van der Waals surface area contributed by atoms with Gasteiger partial charge in [0.2, 0.25) is 9.84 Å². The summed E-state index contributed by atoms with van der Waals surface area (Å²) in [4.78, 5) is 9.87. The molecule has 20 heavy (non-hydrogen) atoms. The van der Waals surface area contributed by atoms with E-state index in [9.17, 15) is 18.5 Å². The van der Waals surface area contributed by atoms with Gasteiger partial charge in [0.25, 0.3) is 5.69 Å². The molecular formula is C13H10ClNO4S. The van der Waals surface area contributed by atoms with Gasteiger partial charge in [-0.3, -0.25) is 10.1 Å². The molecule has 0 aliphatic heterocycles. The quantitative estimate of drug-likeness (QED) is 0.643. The van der Waals surface area contributed by atoms with Gasteiger partial charge in [0.15, 0.2) is 0 Å². The molecule has 0 spiro atoms. The van der Waals surface area contributed by atoms with Crippen LogP contribution < -0.4 is 0 Å². The molecule has 0 radical (unpaired) electrons. The maximum absolute atomic E-state index is 12.4. The van der Waals surface area contributed by atoms with Gasteiger partial charge in [-0.05, 0) is 31.2 Å². The Morgan fingerprint density at radius 1 is 1.10 bits per heavy atom. The molecule has 0 heterocycles. The molecule has 0 atom stereocenters. The molecule has 2 aromatic carbocycles. The molecule has 0 unspecified atom stereocenters. The lowest BCUT2D eigenvalue weighted by Crippen LogP contribution is -2.05. The third kappa shape index (κ3) is 2.66. The summed E-state index contributed by atoms with van der Waals surface area (Å²) in [5, 5.41) is 11.1. The lowest BCUT2D eigenvalue weighted by molar-refractivity contribution is -0.387. The first-order chi connectivity index (χ1) is 9.32. The van der Waals surface area contributed by atoms with E-state index in [1.165, 1.54) is 18.2 Å². The summed E-state index contributed by atoms with van der Waals surface area (Å²) in [7, 11) is -3.95. The highest BCUT2D eigenvalue weighted by molar-refractivity contribution is 7.91. The molecule has 104 valence electrons. The van der Waals surface area contributed by atoms with Crippen molar-refractivity contribution in [2.24, 2.45) is 0 Å². The van der Waals surface area contributed by atoms with Gasteiger partial charge in [0.1, 0.15) is 4.90 Å². The first kappa shape index (κ1) is 14.5. The molecule has 0 amide bonds. The van der Waals surface area contributed by atoms with Gasteiger partial charge in [-0.2, -0.15) is 0 Å². The monoisotopic (exact) mass is 311 g/mol. The van der Waals surface area contributed by atoms with E-state index in [1.807, 2.05) is 6.92 Å². The molecule has 0 saturated carbocycles. The van der Waals surface area contributed by atoms with E-state index in [4.69, 9.17) is 11.6 Å². The summed E-state index contributed by atoms with van der Waals surface area (Å²) in [5.41, 5.74) is 0.368. The molecule has 0 aliphatic carbocycles. The first-order valence-electron chi connectivity index (χ1n) is 5.58. The minimum absolute atomic E-state index is 0.00789. The van der Waals surface area contributed by atoms with Crippen LogP contribution in [0, 0.1) is 17.0 Å². The maximum atomic E-state index is 12.4. The van der Waals surface area contributed by atoms with Crippen LogP contribution in [0.4, 0.5) is 5.69 Å². The number of nitrogens with zero attached hydrogens (tertiary/aromatic N) is 1. The summed E-state index contributed by atoms with van der Waals surface area (Å²) >= 11 is 5.68. The second kappa shape index (κ2) is 5.22. The van der Waals surface area contributed by atoms with Crippen molar-refractivity contribution in [3.05, 3.63) is 63.2 Å². The van der Waals surface area contributed by atoms with Crippen LogP contribution in [-0.4, -0.2) is 13.3 Å². The Hall–Kier alpha value is -1.92. The summed E-state index contributed by atoms with van der Waals surface area (Å²) in [5.74, 6) is 0. The number of hydrogen-bond donors (Lipinski definition) is 0. The molecule has 0 bridgehead atoms. The van der Waals surface area contributed by atoms with Crippen LogP contribution in [0.1, 0.15) is 5.56 Å². The average molecular weight is 312 g/mol. The van der Waals surface area contributed by atoms with Crippen molar-refractivity contribution in [1.29, 1.82) is 0 Å². The second-order valence-corrected chi connectivity index (χ2v) is 6.54. The number of benzene rings is 2. The van der Waals surface area contributed by atoms with Gasteiger partial charge in [-0.25, -0.2) is 8.42 Å². The first-order valence-corrected chi connectivity index (χ1v) is 7.44. The van der Waals surface area contributed by atoms with Crippen molar-refractivity contribution in [3.8, 4) is 0 Å². The fourth-order valence-electron chi connectivity index (χ4n) is 1.70. The Kier molecular flexibility index (Phi) is 3.78. The minimum atomic E-state index is -3.95. The number of sulfone groups is 1. The molecule has 0 fully saturated rings. The minimum Gasteiger partial charge on any atom is -0.258 e. The zero-order valence-electron chi connectivity index (χ0n) is 10.4. The molecule has 0 N–H and O–H groups in total. The lowest BCUT2D eigenvalue weighted by Gasteiger charge is -2.06. The topological polar surface area (TPSA) is 77.3 Å².